The molecule has 5 heteroatoms. The van der Waals surface area contributed by atoms with E-state index in [9.17, 15) is 8.42 Å². The highest BCUT2D eigenvalue weighted by Gasteiger charge is 2.49. The van der Waals surface area contributed by atoms with Crippen molar-refractivity contribution in [2.45, 2.75) is 38.1 Å². The molecule has 2 aliphatic rings. The Labute approximate surface area is 85.9 Å². The molecule has 2 rings (SSSR count). The van der Waals surface area contributed by atoms with Crippen LogP contribution in [0.5, 0.6) is 0 Å². The topological polar surface area (TPSA) is 40.4 Å². The van der Waals surface area contributed by atoms with Gasteiger partial charge in [0.15, 0.2) is 0 Å². The molecule has 82 valence electrons. The summed E-state index contributed by atoms with van der Waals surface area (Å²) in [6, 6.07) is 0.345. The second-order valence-electron chi connectivity index (χ2n) is 4.40. The Morgan fingerprint density at radius 1 is 1.21 bits per heavy atom. The number of rotatable bonds is 3. The lowest BCUT2D eigenvalue weighted by molar-refractivity contribution is 0.422. The fraction of sp³-hybridized carbons (Fsp3) is 1.00. The van der Waals surface area contributed by atoms with Crippen LogP contribution >= 0.6 is 0 Å². The summed E-state index contributed by atoms with van der Waals surface area (Å²) in [5.74, 6) is 0. The predicted molar refractivity (Wildman–Crippen MR) is 55.4 cm³/mol. The van der Waals surface area contributed by atoms with Crippen LogP contribution in [-0.4, -0.2) is 48.7 Å². The monoisotopic (exact) mass is 218 g/mol. The summed E-state index contributed by atoms with van der Waals surface area (Å²) in [7, 11) is -3.00. The van der Waals surface area contributed by atoms with Gasteiger partial charge in [-0.1, -0.05) is 0 Å². The third kappa shape index (κ3) is 1.68. The fourth-order valence-corrected chi connectivity index (χ4v) is 4.11. The zero-order valence-corrected chi connectivity index (χ0v) is 9.63. The quantitative estimate of drug-likeness (QED) is 0.646. The molecular formula is C9H18N2O2S. The molecule has 2 unspecified atom stereocenters. The molecule has 0 bridgehead atoms. The van der Waals surface area contributed by atoms with E-state index < -0.39 is 10.0 Å². The van der Waals surface area contributed by atoms with Gasteiger partial charge >= 0.3 is 0 Å². The number of hydrogen-bond donors (Lipinski definition) is 0. The van der Waals surface area contributed by atoms with E-state index in [0.717, 1.165) is 32.5 Å². The van der Waals surface area contributed by atoms with Gasteiger partial charge in [0.1, 0.15) is 5.37 Å². The highest BCUT2D eigenvalue weighted by molar-refractivity contribution is 7.90. The Morgan fingerprint density at radius 2 is 1.79 bits per heavy atom. The molecule has 0 radical (unpaired) electrons. The van der Waals surface area contributed by atoms with Crippen molar-refractivity contribution in [3.63, 3.8) is 0 Å². The first-order chi connectivity index (χ1) is 6.53. The summed E-state index contributed by atoms with van der Waals surface area (Å²) in [5, 5.41) is -0.222. The Bertz CT molecular complexity index is 307. The van der Waals surface area contributed by atoms with Crippen LogP contribution in [0, 0.1) is 0 Å². The molecule has 2 atom stereocenters. The maximum atomic E-state index is 12.0. The van der Waals surface area contributed by atoms with Crippen molar-refractivity contribution >= 4 is 10.0 Å². The Kier molecular flexibility index (Phi) is 2.57. The third-order valence-corrected chi connectivity index (χ3v) is 5.23. The van der Waals surface area contributed by atoms with Gasteiger partial charge in [0.2, 0.25) is 10.0 Å². The van der Waals surface area contributed by atoms with Crippen molar-refractivity contribution in [2.75, 3.05) is 19.6 Å². The standard InChI is InChI=1S/C9H18N2O2S/c1-8(2)11-7-9(11)14(12,13)10-5-3-4-6-10/h8-9H,3-7H2,1-2H3. The maximum Gasteiger partial charge on any atom is 0.231 e. The largest absolute Gasteiger partial charge is 0.280 e. The molecule has 0 N–H and O–H groups in total. The van der Waals surface area contributed by atoms with Gasteiger partial charge in [-0.3, -0.25) is 4.90 Å². The highest BCUT2D eigenvalue weighted by atomic mass is 32.2. The Balaban J connectivity index is 2.03. The van der Waals surface area contributed by atoms with E-state index in [-0.39, 0.29) is 5.37 Å². The Morgan fingerprint density at radius 3 is 2.21 bits per heavy atom. The molecule has 0 aromatic carbocycles. The minimum Gasteiger partial charge on any atom is -0.280 e. The highest BCUT2D eigenvalue weighted by Crippen LogP contribution is 2.30. The van der Waals surface area contributed by atoms with Gasteiger partial charge < -0.3 is 0 Å². The molecule has 0 aromatic heterocycles. The first-order valence-corrected chi connectivity index (χ1v) is 6.78. The maximum absolute atomic E-state index is 12.0. The summed E-state index contributed by atoms with van der Waals surface area (Å²) in [6.45, 7) is 6.26. The smallest absolute Gasteiger partial charge is 0.231 e. The summed E-state index contributed by atoms with van der Waals surface area (Å²) >= 11 is 0. The van der Waals surface area contributed by atoms with Crippen LogP contribution < -0.4 is 0 Å². The summed E-state index contributed by atoms with van der Waals surface area (Å²) in [6.07, 6.45) is 2.04. The van der Waals surface area contributed by atoms with E-state index in [2.05, 4.69) is 0 Å². The van der Waals surface area contributed by atoms with Crippen molar-refractivity contribution in [2.24, 2.45) is 0 Å². The van der Waals surface area contributed by atoms with Gasteiger partial charge in [0.05, 0.1) is 0 Å². The first kappa shape index (κ1) is 10.4. The lowest BCUT2D eigenvalue weighted by Crippen LogP contribution is -2.34. The van der Waals surface area contributed by atoms with Crippen molar-refractivity contribution in [1.82, 2.24) is 9.21 Å². The van der Waals surface area contributed by atoms with Crippen molar-refractivity contribution < 1.29 is 8.42 Å². The molecule has 0 aliphatic carbocycles. The van der Waals surface area contributed by atoms with E-state index in [1.54, 1.807) is 4.31 Å². The summed E-state index contributed by atoms with van der Waals surface area (Å²) < 4.78 is 25.6. The van der Waals surface area contributed by atoms with E-state index in [4.69, 9.17) is 0 Å². The molecular weight excluding hydrogens is 200 g/mol. The molecule has 2 fully saturated rings. The average molecular weight is 218 g/mol. The zero-order chi connectivity index (χ0) is 10.3. The second kappa shape index (κ2) is 3.47. The number of hydrogen-bond acceptors (Lipinski definition) is 3. The van der Waals surface area contributed by atoms with Gasteiger partial charge in [0, 0.05) is 25.7 Å². The van der Waals surface area contributed by atoms with Crippen LogP contribution in [-0.2, 0) is 10.0 Å². The fourth-order valence-electron chi connectivity index (χ4n) is 2.06. The van der Waals surface area contributed by atoms with Crippen LogP contribution in [0.4, 0.5) is 0 Å². The van der Waals surface area contributed by atoms with E-state index in [1.165, 1.54) is 0 Å². The average Bonchev–Trinajstić information content (AvgIpc) is 2.74. The van der Waals surface area contributed by atoms with Crippen LogP contribution in [0.3, 0.4) is 0 Å². The van der Waals surface area contributed by atoms with Gasteiger partial charge in [0.25, 0.3) is 0 Å². The lowest BCUT2D eigenvalue weighted by Gasteiger charge is -2.16. The normalized spacial score (nSPS) is 33.9. The molecule has 2 saturated heterocycles. The number of sulfonamides is 1. The summed E-state index contributed by atoms with van der Waals surface area (Å²) in [4.78, 5) is 2.02. The van der Waals surface area contributed by atoms with Gasteiger partial charge in [-0.25, -0.2) is 12.7 Å². The molecule has 14 heavy (non-hydrogen) atoms. The molecule has 2 heterocycles. The van der Waals surface area contributed by atoms with Crippen LogP contribution in [0.15, 0.2) is 0 Å². The molecule has 2 aliphatic heterocycles. The van der Waals surface area contributed by atoms with Gasteiger partial charge in [-0.15, -0.1) is 0 Å². The molecule has 0 saturated carbocycles. The van der Waals surface area contributed by atoms with Crippen molar-refractivity contribution in [3.05, 3.63) is 0 Å². The molecule has 0 spiro atoms. The minimum atomic E-state index is -3.00. The van der Waals surface area contributed by atoms with E-state index >= 15 is 0 Å². The predicted octanol–water partition coefficient (Wildman–Crippen LogP) is 0.462. The van der Waals surface area contributed by atoms with Crippen molar-refractivity contribution in [1.29, 1.82) is 0 Å². The van der Waals surface area contributed by atoms with Gasteiger partial charge in [-0.2, -0.15) is 0 Å². The van der Waals surface area contributed by atoms with E-state index in [0.29, 0.717) is 6.04 Å². The first-order valence-electron chi connectivity index (χ1n) is 5.28. The van der Waals surface area contributed by atoms with Crippen molar-refractivity contribution in [3.8, 4) is 0 Å². The minimum absolute atomic E-state index is 0.222. The van der Waals surface area contributed by atoms with E-state index in [1.807, 2.05) is 18.7 Å². The SMILES string of the molecule is CC(C)N1CC1S(=O)(=O)N1CCCC1. The van der Waals surface area contributed by atoms with Crippen LogP contribution in [0.25, 0.3) is 0 Å². The lowest BCUT2D eigenvalue weighted by atomic mass is 10.4. The number of nitrogens with zero attached hydrogens (tertiary/aromatic N) is 2. The van der Waals surface area contributed by atoms with Crippen LogP contribution in [0.1, 0.15) is 26.7 Å². The third-order valence-electron chi connectivity index (χ3n) is 3.04. The second-order valence-corrected chi connectivity index (χ2v) is 6.49. The molecule has 0 amide bonds. The van der Waals surface area contributed by atoms with Gasteiger partial charge in [-0.05, 0) is 26.7 Å². The zero-order valence-electron chi connectivity index (χ0n) is 8.81. The molecule has 0 aromatic rings. The Hall–Kier alpha value is -0.130. The van der Waals surface area contributed by atoms with Crippen LogP contribution in [0.2, 0.25) is 0 Å². The molecule has 4 nitrogen and oxygen atoms in total. The summed E-state index contributed by atoms with van der Waals surface area (Å²) in [5.41, 5.74) is 0.